The van der Waals surface area contributed by atoms with Gasteiger partial charge in [0.15, 0.2) is 0 Å². The quantitative estimate of drug-likeness (QED) is 0.399. The monoisotopic (exact) mass is 503 g/mol. The molecule has 1 saturated heterocycles. The summed E-state index contributed by atoms with van der Waals surface area (Å²) in [5.41, 5.74) is 1.70. The first-order valence-corrected chi connectivity index (χ1v) is 12.4. The van der Waals surface area contributed by atoms with Crippen LogP contribution in [0.1, 0.15) is 31.9 Å². The second-order valence-electron chi connectivity index (χ2n) is 8.41. The number of amides is 4. The Morgan fingerprint density at radius 1 is 1.20 bits per heavy atom. The fraction of sp³-hybridized carbons (Fsp3) is 0.480. The van der Waals surface area contributed by atoms with Crippen LogP contribution in [0.5, 0.6) is 0 Å². The van der Waals surface area contributed by atoms with E-state index in [-0.39, 0.29) is 25.2 Å². The van der Waals surface area contributed by atoms with E-state index in [9.17, 15) is 14.4 Å². The van der Waals surface area contributed by atoms with Gasteiger partial charge in [0.2, 0.25) is 0 Å². The molecule has 1 aromatic rings. The van der Waals surface area contributed by atoms with Gasteiger partial charge in [-0.25, -0.2) is 14.4 Å². The Balaban J connectivity index is 1.91. The summed E-state index contributed by atoms with van der Waals surface area (Å²) in [7, 11) is 0. The van der Waals surface area contributed by atoms with Gasteiger partial charge in [-0.05, 0) is 31.0 Å². The molecule has 0 bridgehead atoms. The lowest BCUT2D eigenvalue weighted by Crippen LogP contribution is -2.55. The molecule has 1 fully saturated rings. The molecule has 2 heterocycles. The highest BCUT2D eigenvalue weighted by atomic mass is 35.5. The number of halogens is 1. The van der Waals surface area contributed by atoms with Crippen LogP contribution in [0, 0.1) is 0 Å². The van der Waals surface area contributed by atoms with Gasteiger partial charge in [-0.15, -0.1) is 6.58 Å². The molecule has 4 amide bonds. The number of esters is 1. The summed E-state index contributed by atoms with van der Waals surface area (Å²) in [4.78, 5) is 44.1. The Hall–Kier alpha value is -3.04. The first kappa shape index (κ1) is 26.6. The number of rotatable bonds is 9. The van der Waals surface area contributed by atoms with E-state index < -0.39 is 12.0 Å². The Labute approximate surface area is 211 Å². The Morgan fingerprint density at radius 3 is 2.49 bits per heavy atom. The third kappa shape index (κ3) is 6.55. The minimum Gasteiger partial charge on any atom is -0.463 e. The van der Waals surface area contributed by atoms with E-state index in [1.807, 2.05) is 6.92 Å². The summed E-state index contributed by atoms with van der Waals surface area (Å²) < 4.78 is 5.42. The SMILES string of the molecule is C=CCN1C(=O)N[C@@H](c2ccc(Cl)cc2)C(C(=O)OCC)=C1CN1CCN(C(=O)NCCC)CC1. The van der Waals surface area contributed by atoms with Crippen molar-refractivity contribution in [1.29, 1.82) is 0 Å². The summed E-state index contributed by atoms with van der Waals surface area (Å²) in [6.45, 7) is 11.4. The molecule has 3 rings (SSSR count). The fourth-order valence-electron chi connectivity index (χ4n) is 4.22. The van der Waals surface area contributed by atoms with Gasteiger partial charge in [-0.1, -0.05) is 36.7 Å². The van der Waals surface area contributed by atoms with E-state index in [0.29, 0.717) is 55.6 Å². The standard InChI is InChI=1S/C25H34ClN5O4/c1-4-11-27-24(33)30-15-13-29(14-16-30)17-20-21(23(32)35-6-3)22(18-7-9-19(26)10-8-18)28-25(34)31(20)12-5-2/h5,7-10,22H,2,4,6,11-17H2,1,3H3,(H,27,33)(H,28,34)/t22-/m0/s1. The maximum atomic E-state index is 13.2. The number of nitrogens with one attached hydrogen (secondary N) is 2. The lowest BCUT2D eigenvalue weighted by Gasteiger charge is -2.40. The number of carbonyl (C=O) groups excluding carboxylic acids is 3. The number of ether oxygens (including phenoxy) is 1. The summed E-state index contributed by atoms with van der Waals surface area (Å²) in [5, 5.41) is 6.41. The molecule has 0 radical (unpaired) electrons. The Kier molecular flexibility index (Phi) is 9.56. The number of piperazine rings is 1. The highest BCUT2D eigenvalue weighted by molar-refractivity contribution is 6.30. The molecule has 1 aromatic carbocycles. The van der Waals surface area contributed by atoms with Gasteiger partial charge in [-0.3, -0.25) is 9.80 Å². The van der Waals surface area contributed by atoms with E-state index in [2.05, 4.69) is 22.1 Å². The summed E-state index contributed by atoms with van der Waals surface area (Å²) >= 11 is 6.06. The van der Waals surface area contributed by atoms with Gasteiger partial charge < -0.3 is 20.3 Å². The van der Waals surface area contributed by atoms with Gasteiger partial charge in [0.1, 0.15) is 0 Å². The van der Waals surface area contributed by atoms with Crippen molar-refractivity contribution in [2.45, 2.75) is 26.3 Å². The third-order valence-corrected chi connectivity index (χ3v) is 6.26. The molecule has 0 aliphatic carbocycles. The van der Waals surface area contributed by atoms with Crippen molar-refractivity contribution in [1.82, 2.24) is 25.3 Å². The summed E-state index contributed by atoms with van der Waals surface area (Å²) in [6.07, 6.45) is 2.51. The largest absolute Gasteiger partial charge is 0.463 e. The van der Waals surface area contributed by atoms with Crippen molar-refractivity contribution in [3.8, 4) is 0 Å². The third-order valence-electron chi connectivity index (χ3n) is 6.01. The molecule has 2 aliphatic rings. The zero-order valence-corrected chi connectivity index (χ0v) is 21.1. The first-order chi connectivity index (χ1) is 16.9. The zero-order valence-electron chi connectivity index (χ0n) is 20.4. The average Bonchev–Trinajstić information content (AvgIpc) is 2.85. The number of urea groups is 2. The Bertz CT molecular complexity index is 957. The van der Waals surface area contributed by atoms with Gasteiger partial charge in [0.25, 0.3) is 0 Å². The van der Waals surface area contributed by atoms with E-state index in [4.69, 9.17) is 16.3 Å². The van der Waals surface area contributed by atoms with Crippen LogP contribution in [0.4, 0.5) is 9.59 Å². The van der Waals surface area contributed by atoms with Crippen LogP contribution in [0.2, 0.25) is 5.02 Å². The maximum Gasteiger partial charge on any atom is 0.338 e. The van der Waals surface area contributed by atoms with Crippen molar-refractivity contribution >= 4 is 29.6 Å². The van der Waals surface area contributed by atoms with Crippen molar-refractivity contribution in [2.75, 3.05) is 52.4 Å². The van der Waals surface area contributed by atoms with Crippen molar-refractivity contribution < 1.29 is 19.1 Å². The van der Waals surface area contributed by atoms with Crippen LogP contribution in [0.15, 0.2) is 48.2 Å². The molecule has 190 valence electrons. The molecule has 0 saturated carbocycles. The molecule has 1 atom stereocenters. The number of carbonyl (C=O) groups is 3. The number of nitrogens with zero attached hydrogens (tertiary/aromatic N) is 3. The molecular formula is C25H34ClN5O4. The van der Waals surface area contributed by atoms with Gasteiger partial charge in [0.05, 0.1) is 18.2 Å². The zero-order chi connectivity index (χ0) is 25.4. The number of hydrogen-bond donors (Lipinski definition) is 2. The summed E-state index contributed by atoms with van der Waals surface area (Å²) in [5.74, 6) is -0.478. The van der Waals surface area contributed by atoms with Crippen molar-refractivity contribution in [2.24, 2.45) is 0 Å². The van der Waals surface area contributed by atoms with E-state index in [1.165, 1.54) is 4.90 Å². The van der Waals surface area contributed by atoms with E-state index in [0.717, 1.165) is 12.0 Å². The van der Waals surface area contributed by atoms with Crippen LogP contribution >= 0.6 is 11.6 Å². The summed E-state index contributed by atoms with van der Waals surface area (Å²) in [6, 6.07) is 5.99. The molecular weight excluding hydrogens is 470 g/mol. The molecule has 0 aromatic heterocycles. The van der Waals surface area contributed by atoms with E-state index in [1.54, 1.807) is 42.2 Å². The number of hydrogen-bond acceptors (Lipinski definition) is 5. The molecule has 2 aliphatic heterocycles. The highest BCUT2D eigenvalue weighted by Gasteiger charge is 2.38. The highest BCUT2D eigenvalue weighted by Crippen LogP contribution is 2.32. The topological polar surface area (TPSA) is 94.2 Å². The van der Waals surface area contributed by atoms with Crippen LogP contribution < -0.4 is 10.6 Å². The predicted molar refractivity (Wildman–Crippen MR) is 135 cm³/mol. The molecule has 10 heteroatoms. The van der Waals surface area contributed by atoms with Gasteiger partial charge in [-0.2, -0.15) is 0 Å². The smallest absolute Gasteiger partial charge is 0.338 e. The second kappa shape index (κ2) is 12.6. The number of benzene rings is 1. The fourth-order valence-corrected chi connectivity index (χ4v) is 4.34. The first-order valence-electron chi connectivity index (χ1n) is 12.0. The van der Waals surface area contributed by atoms with Crippen LogP contribution in [0.25, 0.3) is 0 Å². The molecule has 0 unspecified atom stereocenters. The van der Waals surface area contributed by atoms with Gasteiger partial charge in [0, 0.05) is 56.5 Å². The molecule has 9 nitrogen and oxygen atoms in total. The normalized spacial score (nSPS) is 18.8. The molecule has 0 spiro atoms. The van der Waals surface area contributed by atoms with Crippen LogP contribution in [-0.2, 0) is 9.53 Å². The van der Waals surface area contributed by atoms with Crippen LogP contribution in [0.3, 0.4) is 0 Å². The Morgan fingerprint density at radius 2 is 1.89 bits per heavy atom. The molecule has 2 N–H and O–H groups in total. The van der Waals surface area contributed by atoms with E-state index >= 15 is 0 Å². The maximum absolute atomic E-state index is 13.2. The lowest BCUT2D eigenvalue weighted by molar-refractivity contribution is -0.139. The molecule has 35 heavy (non-hydrogen) atoms. The average molecular weight is 504 g/mol. The predicted octanol–water partition coefficient (Wildman–Crippen LogP) is 3.15. The lowest BCUT2D eigenvalue weighted by atomic mass is 9.94. The minimum atomic E-state index is -0.670. The van der Waals surface area contributed by atoms with Crippen molar-refractivity contribution in [3.63, 3.8) is 0 Å². The van der Waals surface area contributed by atoms with Crippen molar-refractivity contribution in [3.05, 3.63) is 58.8 Å². The van der Waals surface area contributed by atoms with Gasteiger partial charge >= 0.3 is 18.0 Å². The minimum absolute atomic E-state index is 0.0638. The van der Waals surface area contributed by atoms with Crippen LogP contribution in [-0.4, -0.2) is 85.2 Å². The second-order valence-corrected chi connectivity index (χ2v) is 8.85.